The van der Waals surface area contributed by atoms with Crippen molar-refractivity contribution >= 4 is 22.9 Å². The van der Waals surface area contributed by atoms with Gasteiger partial charge in [0.2, 0.25) is 0 Å². The van der Waals surface area contributed by atoms with Gasteiger partial charge in [0.15, 0.2) is 0 Å². The molecule has 1 aromatic carbocycles. The minimum Gasteiger partial charge on any atom is -0.495 e. The first kappa shape index (κ1) is 13.9. The molecule has 0 bridgehead atoms. The smallest absolute Gasteiger partial charge is 0.137 e. The molecule has 0 fully saturated rings. The molecule has 0 aliphatic heterocycles. The van der Waals surface area contributed by atoms with E-state index in [-0.39, 0.29) is 0 Å². The Hall–Kier alpha value is -1.10. The minimum atomic E-state index is 0.443. The second kappa shape index (κ2) is 5.72. The normalized spacial score (nSPS) is 17.9. The Balaban J connectivity index is 1.99. The molecule has 0 amide bonds. The summed E-state index contributed by atoms with van der Waals surface area (Å²) in [5, 5.41) is 5.05. The lowest BCUT2D eigenvalue weighted by atomic mass is 9.98. The van der Waals surface area contributed by atoms with Crippen LogP contribution in [0, 0.1) is 0 Å². The van der Waals surface area contributed by atoms with Crippen LogP contribution in [-0.4, -0.2) is 19.1 Å². The van der Waals surface area contributed by atoms with Gasteiger partial charge in [-0.2, -0.15) is 0 Å². The number of halogens is 1. The average Bonchev–Trinajstić information content (AvgIpc) is 2.91. The van der Waals surface area contributed by atoms with Crippen LogP contribution in [0.1, 0.15) is 29.5 Å². The Kier molecular flexibility index (Phi) is 3.96. The highest BCUT2D eigenvalue weighted by Gasteiger charge is 2.23. The standard InChI is InChI=1S/C15H17ClN2OS/c1-17-11-4-3-5-12-14(11)20-15(18-12)9-6-7-13(19-2)10(16)8-9/h6-8,11,17H,3-5H2,1-2H3. The zero-order valence-corrected chi connectivity index (χ0v) is 13.1. The van der Waals surface area contributed by atoms with E-state index in [0.29, 0.717) is 16.8 Å². The van der Waals surface area contributed by atoms with E-state index >= 15 is 0 Å². The van der Waals surface area contributed by atoms with Gasteiger partial charge in [-0.25, -0.2) is 4.98 Å². The number of hydrogen-bond acceptors (Lipinski definition) is 4. The van der Waals surface area contributed by atoms with Crippen molar-refractivity contribution < 1.29 is 4.74 Å². The Bertz CT molecular complexity index is 626. The van der Waals surface area contributed by atoms with Gasteiger partial charge in [-0.1, -0.05) is 11.6 Å². The molecule has 106 valence electrons. The zero-order valence-electron chi connectivity index (χ0n) is 11.6. The van der Waals surface area contributed by atoms with Gasteiger partial charge in [0, 0.05) is 16.5 Å². The lowest BCUT2D eigenvalue weighted by molar-refractivity contribution is 0.415. The van der Waals surface area contributed by atoms with Gasteiger partial charge < -0.3 is 10.1 Å². The molecule has 2 aromatic rings. The van der Waals surface area contributed by atoms with Crippen molar-refractivity contribution in [1.29, 1.82) is 0 Å². The van der Waals surface area contributed by atoms with Crippen LogP contribution in [0.2, 0.25) is 5.02 Å². The molecule has 0 radical (unpaired) electrons. The highest BCUT2D eigenvalue weighted by atomic mass is 35.5. The molecule has 1 N–H and O–H groups in total. The van der Waals surface area contributed by atoms with Crippen molar-refractivity contribution in [2.24, 2.45) is 0 Å². The summed E-state index contributed by atoms with van der Waals surface area (Å²) in [5.74, 6) is 0.699. The van der Waals surface area contributed by atoms with Crippen LogP contribution in [0.25, 0.3) is 10.6 Å². The number of ether oxygens (including phenoxy) is 1. The SMILES string of the molecule is CNC1CCCc2nc(-c3ccc(OC)c(Cl)c3)sc21. The summed E-state index contributed by atoms with van der Waals surface area (Å²) >= 11 is 7.97. The number of aryl methyl sites for hydroxylation is 1. The minimum absolute atomic E-state index is 0.443. The summed E-state index contributed by atoms with van der Waals surface area (Å²) in [7, 11) is 3.64. The van der Waals surface area contributed by atoms with E-state index in [0.717, 1.165) is 17.0 Å². The van der Waals surface area contributed by atoms with Crippen LogP contribution in [0.4, 0.5) is 0 Å². The molecule has 3 rings (SSSR count). The summed E-state index contributed by atoms with van der Waals surface area (Å²) in [4.78, 5) is 6.17. The number of nitrogens with zero attached hydrogens (tertiary/aromatic N) is 1. The maximum atomic E-state index is 6.20. The quantitative estimate of drug-likeness (QED) is 0.928. The van der Waals surface area contributed by atoms with Crippen molar-refractivity contribution in [2.75, 3.05) is 14.2 Å². The van der Waals surface area contributed by atoms with E-state index in [1.54, 1.807) is 18.4 Å². The van der Waals surface area contributed by atoms with E-state index in [1.165, 1.54) is 23.4 Å². The molecule has 0 saturated carbocycles. The second-order valence-corrected chi connectivity index (χ2v) is 6.35. The first-order chi connectivity index (χ1) is 9.72. The third-order valence-corrected chi connectivity index (χ3v) is 5.25. The summed E-state index contributed by atoms with van der Waals surface area (Å²) in [6.07, 6.45) is 3.47. The first-order valence-electron chi connectivity index (χ1n) is 6.73. The number of methoxy groups -OCH3 is 1. The van der Waals surface area contributed by atoms with Gasteiger partial charge in [-0.3, -0.25) is 0 Å². The zero-order chi connectivity index (χ0) is 14.1. The molecule has 1 aromatic heterocycles. The Labute approximate surface area is 127 Å². The molecule has 3 nitrogen and oxygen atoms in total. The van der Waals surface area contributed by atoms with Crippen molar-refractivity contribution in [1.82, 2.24) is 10.3 Å². The monoisotopic (exact) mass is 308 g/mol. The fraction of sp³-hybridized carbons (Fsp3) is 0.400. The lowest BCUT2D eigenvalue weighted by Crippen LogP contribution is -2.19. The first-order valence-corrected chi connectivity index (χ1v) is 7.93. The highest BCUT2D eigenvalue weighted by Crippen LogP contribution is 2.39. The summed E-state index contributed by atoms with van der Waals surface area (Å²) in [6.45, 7) is 0. The molecular formula is C15H17ClN2OS. The molecule has 1 aliphatic rings. The molecule has 20 heavy (non-hydrogen) atoms. The highest BCUT2D eigenvalue weighted by molar-refractivity contribution is 7.15. The number of rotatable bonds is 3. The molecule has 5 heteroatoms. The molecule has 1 aliphatic carbocycles. The summed E-state index contributed by atoms with van der Waals surface area (Å²) in [6, 6.07) is 6.29. The number of thiazole rings is 1. The van der Waals surface area contributed by atoms with Crippen LogP contribution < -0.4 is 10.1 Å². The van der Waals surface area contributed by atoms with Crippen LogP contribution in [0.5, 0.6) is 5.75 Å². The predicted molar refractivity (Wildman–Crippen MR) is 83.9 cm³/mol. The van der Waals surface area contributed by atoms with Crippen LogP contribution in [-0.2, 0) is 6.42 Å². The third-order valence-electron chi connectivity index (χ3n) is 3.70. The Morgan fingerprint density at radius 2 is 2.30 bits per heavy atom. The molecule has 1 atom stereocenters. The Morgan fingerprint density at radius 3 is 3.00 bits per heavy atom. The van der Waals surface area contributed by atoms with Crippen LogP contribution in [0.15, 0.2) is 18.2 Å². The van der Waals surface area contributed by atoms with Crippen LogP contribution >= 0.6 is 22.9 Å². The van der Waals surface area contributed by atoms with Crippen LogP contribution in [0.3, 0.4) is 0 Å². The molecule has 0 spiro atoms. The largest absolute Gasteiger partial charge is 0.495 e. The fourth-order valence-corrected chi connectivity index (χ4v) is 4.13. The molecule has 0 saturated heterocycles. The maximum Gasteiger partial charge on any atom is 0.137 e. The second-order valence-electron chi connectivity index (χ2n) is 4.91. The molecule has 1 unspecified atom stereocenters. The number of hydrogen-bond donors (Lipinski definition) is 1. The lowest BCUT2D eigenvalue weighted by Gasteiger charge is -2.19. The van der Waals surface area contributed by atoms with E-state index in [2.05, 4.69) is 5.32 Å². The number of aromatic nitrogens is 1. The van der Waals surface area contributed by atoms with Gasteiger partial charge in [-0.15, -0.1) is 11.3 Å². The van der Waals surface area contributed by atoms with E-state index in [1.807, 2.05) is 25.2 Å². The topological polar surface area (TPSA) is 34.2 Å². The number of fused-ring (bicyclic) bond motifs is 1. The van der Waals surface area contributed by atoms with Gasteiger partial charge in [-0.05, 0) is 44.5 Å². The van der Waals surface area contributed by atoms with Crippen molar-refractivity contribution in [3.05, 3.63) is 33.8 Å². The maximum absolute atomic E-state index is 6.20. The number of nitrogens with one attached hydrogen (secondary N) is 1. The third kappa shape index (κ3) is 2.43. The summed E-state index contributed by atoms with van der Waals surface area (Å²) in [5.41, 5.74) is 2.30. The van der Waals surface area contributed by atoms with Crippen molar-refractivity contribution in [2.45, 2.75) is 25.3 Å². The van der Waals surface area contributed by atoms with E-state index < -0.39 is 0 Å². The predicted octanol–water partition coefficient (Wildman–Crippen LogP) is 4.07. The Morgan fingerprint density at radius 1 is 1.45 bits per heavy atom. The van der Waals surface area contributed by atoms with Gasteiger partial charge in [0.1, 0.15) is 10.8 Å². The average molecular weight is 309 g/mol. The van der Waals surface area contributed by atoms with Crippen molar-refractivity contribution in [3.8, 4) is 16.3 Å². The van der Waals surface area contributed by atoms with E-state index in [4.69, 9.17) is 21.3 Å². The number of benzene rings is 1. The van der Waals surface area contributed by atoms with Gasteiger partial charge in [0.25, 0.3) is 0 Å². The molecular weight excluding hydrogens is 292 g/mol. The fourth-order valence-electron chi connectivity index (χ4n) is 2.62. The van der Waals surface area contributed by atoms with Crippen molar-refractivity contribution in [3.63, 3.8) is 0 Å². The van der Waals surface area contributed by atoms with E-state index in [9.17, 15) is 0 Å². The molecule has 1 heterocycles. The summed E-state index contributed by atoms with van der Waals surface area (Å²) < 4.78 is 5.19. The van der Waals surface area contributed by atoms with Gasteiger partial charge in [0.05, 0.1) is 17.8 Å². The van der Waals surface area contributed by atoms with Gasteiger partial charge >= 0.3 is 0 Å².